The number of hydrogen-bond donors (Lipinski definition) is 0. The topological polar surface area (TPSA) is 9.23 Å². The fourth-order valence-electron chi connectivity index (χ4n) is 1.61. The maximum Gasteiger partial charge on any atom is 0.0598 e. The summed E-state index contributed by atoms with van der Waals surface area (Å²) in [5.74, 6) is 0. The van der Waals surface area contributed by atoms with Gasteiger partial charge in [-0.25, -0.2) is 0 Å². The van der Waals surface area contributed by atoms with E-state index in [0.29, 0.717) is 0 Å². The second-order valence-electron chi connectivity index (χ2n) is 5.79. The molecular formula is C15H30O. The first-order chi connectivity index (χ1) is 7.42. The molecule has 0 aliphatic heterocycles. The van der Waals surface area contributed by atoms with Crippen molar-refractivity contribution in [2.45, 2.75) is 78.2 Å². The SMILES string of the molecule is C=C(C)CCCCCCCCOC(C)(C)C. The van der Waals surface area contributed by atoms with Crippen molar-refractivity contribution in [3.05, 3.63) is 12.2 Å². The molecule has 1 heteroatoms. The average Bonchev–Trinajstić information content (AvgIpc) is 2.13. The number of rotatable bonds is 9. The van der Waals surface area contributed by atoms with E-state index < -0.39 is 0 Å². The zero-order valence-corrected chi connectivity index (χ0v) is 11.8. The Labute approximate surface area is 102 Å². The van der Waals surface area contributed by atoms with Crippen LogP contribution in [0.4, 0.5) is 0 Å². The van der Waals surface area contributed by atoms with Crippen LogP contribution in [0.1, 0.15) is 72.6 Å². The molecule has 0 radical (unpaired) electrons. The molecule has 0 unspecified atom stereocenters. The smallest absolute Gasteiger partial charge is 0.0598 e. The molecule has 96 valence electrons. The number of allylic oxidation sites excluding steroid dienone is 1. The van der Waals surface area contributed by atoms with Crippen molar-refractivity contribution in [1.82, 2.24) is 0 Å². The minimum absolute atomic E-state index is 0.0293. The standard InChI is InChI=1S/C15H30O/c1-14(2)12-10-8-6-7-9-11-13-16-15(3,4)5/h1,6-13H2,2-5H3. The molecule has 16 heavy (non-hydrogen) atoms. The van der Waals surface area contributed by atoms with E-state index in [2.05, 4.69) is 34.3 Å². The second-order valence-corrected chi connectivity index (χ2v) is 5.79. The Morgan fingerprint density at radius 2 is 1.44 bits per heavy atom. The first-order valence-electron chi connectivity index (χ1n) is 6.70. The normalized spacial score (nSPS) is 11.8. The molecule has 0 fully saturated rings. The third-order valence-corrected chi connectivity index (χ3v) is 2.53. The van der Waals surface area contributed by atoms with Crippen LogP contribution in [0.15, 0.2) is 12.2 Å². The van der Waals surface area contributed by atoms with Gasteiger partial charge < -0.3 is 4.74 Å². The van der Waals surface area contributed by atoms with Crippen molar-refractivity contribution < 1.29 is 4.74 Å². The van der Waals surface area contributed by atoms with E-state index in [1.165, 1.54) is 50.5 Å². The molecule has 0 aliphatic carbocycles. The van der Waals surface area contributed by atoms with E-state index in [0.717, 1.165) is 6.61 Å². The average molecular weight is 226 g/mol. The third-order valence-electron chi connectivity index (χ3n) is 2.53. The van der Waals surface area contributed by atoms with Crippen molar-refractivity contribution in [1.29, 1.82) is 0 Å². The van der Waals surface area contributed by atoms with E-state index in [1.54, 1.807) is 0 Å². The van der Waals surface area contributed by atoms with Gasteiger partial charge in [0, 0.05) is 6.61 Å². The van der Waals surface area contributed by atoms with Crippen molar-refractivity contribution in [3.8, 4) is 0 Å². The van der Waals surface area contributed by atoms with Crippen molar-refractivity contribution >= 4 is 0 Å². The van der Waals surface area contributed by atoms with Crippen LogP contribution in [-0.4, -0.2) is 12.2 Å². The predicted octanol–water partition coefficient (Wildman–Crippen LogP) is 5.11. The first kappa shape index (κ1) is 15.7. The number of ether oxygens (including phenoxy) is 1. The summed E-state index contributed by atoms with van der Waals surface area (Å²) in [4.78, 5) is 0. The molecule has 0 saturated carbocycles. The van der Waals surface area contributed by atoms with Gasteiger partial charge in [-0.05, 0) is 47.0 Å². The highest BCUT2D eigenvalue weighted by Gasteiger charge is 2.08. The quantitative estimate of drug-likeness (QED) is 0.392. The molecule has 0 bridgehead atoms. The van der Waals surface area contributed by atoms with E-state index in [9.17, 15) is 0 Å². The summed E-state index contributed by atoms with van der Waals surface area (Å²) >= 11 is 0. The molecule has 0 amide bonds. The summed E-state index contributed by atoms with van der Waals surface area (Å²) < 4.78 is 5.68. The monoisotopic (exact) mass is 226 g/mol. The van der Waals surface area contributed by atoms with Crippen molar-refractivity contribution in [2.24, 2.45) is 0 Å². The van der Waals surface area contributed by atoms with Crippen LogP contribution in [0.5, 0.6) is 0 Å². The maximum absolute atomic E-state index is 5.68. The highest BCUT2D eigenvalue weighted by molar-refractivity contribution is 4.86. The van der Waals surface area contributed by atoms with E-state index >= 15 is 0 Å². The summed E-state index contributed by atoms with van der Waals surface area (Å²) in [6, 6.07) is 0. The molecule has 0 heterocycles. The third kappa shape index (κ3) is 13.7. The predicted molar refractivity (Wildman–Crippen MR) is 72.8 cm³/mol. The van der Waals surface area contributed by atoms with Gasteiger partial charge in [-0.3, -0.25) is 0 Å². The van der Waals surface area contributed by atoms with Crippen LogP contribution in [-0.2, 0) is 4.74 Å². The molecule has 0 atom stereocenters. The van der Waals surface area contributed by atoms with E-state index in [1.807, 2.05) is 0 Å². The Morgan fingerprint density at radius 1 is 0.938 bits per heavy atom. The van der Waals surface area contributed by atoms with Gasteiger partial charge in [0.1, 0.15) is 0 Å². The second kappa shape index (κ2) is 8.81. The lowest BCUT2D eigenvalue weighted by atomic mass is 10.1. The summed E-state index contributed by atoms with van der Waals surface area (Å²) in [6.45, 7) is 13.3. The van der Waals surface area contributed by atoms with Crippen LogP contribution in [0.25, 0.3) is 0 Å². The molecule has 0 N–H and O–H groups in total. The van der Waals surface area contributed by atoms with Gasteiger partial charge >= 0.3 is 0 Å². The van der Waals surface area contributed by atoms with Gasteiger partial charge in [0.25, 0.3) is 0 Å². The van der Waals surface area contributed by atoms with Crippen LogP contribution in [0.3, 0.4) is 0 Å². The van der Waals surface area contributed by atoms with Crippen molar-refractivity contribution in [3.63, 3.8) is 0 Å². The van der Waals surface area contributed by atoms with E-state index in [-0.39, 0.29) is 5.60 Å². The number of unbranched alkanes of at least 4 members (excludes halogenated alkanes) is 5. The van der Waals surface area contributed by atoms with Crippen molar-refractivity contribution in [2.75, 3.05) is 6.61 Å². The lowest BCUT2D eigenvalue weighted by Gasteiger charge is -2.19. The molecule has 0 aromatic carbocycles. The fourth-order valence-corrected chi connectivity index (χ4v) is 1.61. The molecular weight excluding hydrogens is 196 g/mol. The fraction of sp³-hybridized carbons (Fsp3) is 0.867. The zero-order chi connectivity index (χ0) is 12.4. The van der Waals surface area contributed by atoms with Gasteiger partial charge in [0.15, 0.2) is 0 Å². The van der Waals surface area contributed by atoms with Gasteiger partial charge in [-0.1, -0.05) is 31.3 Å². The van der Waals surface area contributed by atoms with Gasteiger partial charge in [0.05, 0.1) is 5.60 Å². The highest BCUT2D eigenvalue weighted by atomic mass is 16.5. The van der Waals surface area contributed by atoms with Gasteiger partial charge in [-0.2, -0.15) is 0 Å². The minimum Gasteiger partial charge on any atom is -0.376 e. The van der Waals surface area contributed by atoms with Crippen LogP contribution < -0.4 is 0 Å². The Balaban J connectivity index is 3.07. The Bertz CT molecular complexity index is 176. The zero-order valence-electron chi connectivity index (χ0n) is 11.8. The number of hydrogen-bond acceptors (Lipinski definition) is 1. The minimum atomic E-state index is 0.0293. The molecule has 0 aliphatic rings. The Hall–Kier alpha value is -0.300. The summed E-state index contributed by atoms with van der Waals surface area (Å²) in [5, 5.41) is 0. The molecule has 0 saturated heterocycles. The van der Waals surface area contributed by atoms with Crippen LogP contribution >= 0.6 is 0 Å². The maximum atomic E-state index is 5.68. The first-order valence-corrected chi connectivity index (χ1v) is 6.70. The van der Waals surface area contributed by atoms with E-state index in [4.69, 9.17) is 4.74 Å². The molecule has 1 nitrogen and oxygen atoms in total. The largest absolute Gasteiger partial charge is 0.376 e. The highest BCUT2D eigenvalue weighted by Crippen LogP contribution is 2.12. The molecule has 0 rings (SSSR count). The lowest BCUT2D eigenvalue weighted by Crippen LogP contribution is -2.19. The Kier molecular flexibility index (Phi) is 8.64. The van der Waals surface area contributed by atoms with Crippen LogP contribution in [0, 0.1) is 0 Å². The summed E-state index contributed by atoms with van der Waals surface area (Å²) in [6.07, 6.45) is 9.10. The summed E-state index contributed by atoms with van der Waals surface area (Å²) in [5.41, 5.74) is 1.35. The van der Waals surface area contributed by atoms with Gasteiger partial charge in [-0.15, -0.1) is 6.58 Å². The summed E-state index contributed by atoms with van der Waals surface area (Å²) in [7, 11) is 0. The van der Waals surface area contributed by atoms with Gasteiger partial charge in [0.2, 0.25) is 0 Å². The Morgan fingerprint density at radius 3 is 1.94 bits per heavy atom. The lowest BCUT2D eigenvalue weighted by molar-refractivity contribution is -0.00474. The molecule has 0 aromatic rings. The van der Waals surface area contributed by atoms with Crippen LogP contribution in [0.2, 0.25) is 0 Å². The molecule has 0 aromatic heterocycles. The molecule has 0 spiro atoms.